The molecule has 0 radical (unpaired) electrons. The first-order valence-electron chi connectivity index (χ1n) is 11.8. The molecule has 1 heterocycles. The number of benzene rings is 1. The summed E-state index contributed by atoms with van der Waals surface area (Å²) in [5.74, 6) is -13.3. The first-order chi connectivity index (χ1) is 17.3. The third-order valence-corrected chi connectivity index (χ3v) is 8.25. The number of carbonyl (C=O) groups is 5. The number of nitrogens with zero attached hydrogens (tertiary/aromatic N) is 1. The van der Waals surface area contributed by atoms with Crippen LogP contribution in [-0.2, 0) is 19.2 Å². The Morgan fingerprint density at radius 3 is 2.35 bits per heavy atom. The number of likely N-dealkylation sites (N-methyl/N-ethyl adjacent to an activating group) is 1. The number of carbonyl (C=O) groups excluding carboxylic acids is 5. The highest BCUT2D eigenvalue weighted by atomic mass is 16.3. The van der Waals surface area contributed by atoms with Crippen LogP contribution in [0.15, 0.2) is 34.9 Å². The molecule has 2 saturated carbocycles. The molecule has 194 valence electrons. The van der Waals surface area contributed by atoms with Gasteiger partial charge in [-0.15, -0.1) is 0 Å². The summed E-state index contributed by atoms with van der Waals surface area (Å²) in [6, 6.07) is 4.71. The maximum atomic E-state index is 13.9. The number of fused-ring (bicyclic) bond motifs is 3. The number of aromatic hydroxyl groups is 1. The van der Waals surface area contributed by atoms with Gasteiger partial charge in [0.25, 0.3) is 0 Å². The Balaban J connectivity index is 1.75. The quantitative estimate of drug-likeness (QED) is 0.398. The Kier molecular flexibility index (Phi) is 5.52. The van der Waals surface area contributed by atoms with Gasteiger partial charge < -0.3 is 25.5 Å². The van der Waals surface area contributed by atoms with Gasteiger partial charge in [0.2, 0.25) is 5.91 Å². The van der Waals surface area contributed by atoms with Crippen LogP contribution in [0.3, 0.4) is 0 Å². The van der Waals surface area contributed by atoms with Crippen molar-refractivity contribution in [3.05, 3.63) is 41.7 Å². The van der Waals surface area contributed by atoms with E-state index in [9.17, 15) is 39.3 Å². The van der Waals surface area contributed by atoms with Gasteiger partial charge in [-0.1, -0.05) is 6.92 Å². The minimum atomic E-state index is -3.02. The molecule has 5 rings (SSSR count). The fourth-order valence-corrected chi connectivity index (χ4v) is 6.72. The summed E-state index contributed by atoms with van der Waals surface area (Å²) in [6.45, 7) is 1.65. The first-order valence-corrected chi connectivity index (χ1v) is 11.8. The maximum absolute atomic E-state index is 13.9. The number of furan rings is 1. The highest BCUT2D eigenvalue weighted by Gasteiger charge is 2.73. The number of aliphatic hydroxyl groups is 2. The molecule has 0 aliphatic heterocycles. The van der Waals surface area contributed by atoms with Crippen molar-refractivity contribution in [2.75, 3.05) is 14.1 Å². The van der Waals surface area contributed by atoms with Gasteiger partial charge in [-0.2, -0.15) is 0 Å². The van der Waals surface area contributed by atoms with Gasteiger partial charge in [0.15, 0.2) is 34.7 Å². The highest BCUT2D eigenvalue weighted by Crippen LogP contribution is 2.55. The summed E-state index contributed by atoms with van der Waals surface area (Å²) in [7, 11) is 2.88. The summed E-state index contributed by atoms with van der Waals surface area (Å²) < 4.78 is 5.50. The topological polar surface area (TPSA) is 188 Å². The van der Waals surface area contributed by atoms with Gasteiger partial charge in [0.05, 0.1) is 35.8 Å². The smallest absolute Gasteiger partial charge is 0.235 e. The van der Waals surface area contributed by atoms with E-state index in [-0.39, 0.29) is 5.56 Å². The van der Waals surface area contributed by atoms with Crippen LogP contribution in [0.2, 0.25) is 0 Å². The first kappa shape index (κ1) is 25.0. The fourth-order valence-electron chi connectivity index (χ4n) is 6.72. The third-order valence-electron chi connectivity index (χ3n) is 8.25. The van der Waals surface area contributed by atoms with Crippen LogP contribution in [0.1, 0.15) is 28.8 Å². The predicted molar refractivity (Wildman–Crippen MR) is 125 cm³/mol. The van der Waals surface area contributed by atoms with Crippen LogP contribution < -0.4 is 5.73 Å². The molecule has 8 atom stereocenters. The highest BCUT2D eigenvalue weighted by molar-refractivity contribution is 6.32. The molecule has 0 spiro atoms. The lowest BCUT2D eigenvalue weighted by Gasteiger charge is -2.56. The second-order valence-corrected chi connectivity index (χ2v) is 10.3. The van der Waals surface area contributed by atoms with Crippen LogP contribution in [0.5, 0.6) is 5.75 Å². The number of hydrogen-bond acceptors (Lipinski definition) is 10. The Hall–Kier alpha value is -3.67. The number of Topliss-reactive ketones (excluding diaryl/α,β-unsaturated/α-hetero) is 4. The molecule has 11 nitrogen and oxygen atoms in total. The van der Waals surface area contributed by atoms with E-state index in [4.69, 9.17) is 10.2 Å². The van der Waals surface area contributed by atoms with Crippen LogP contribution in [0.4, 0.5) is 0 Å². The monoisotopic (exact) mass is 510 g/mol. The molecule has 2 aromatic rings. The summed E-state index contributed by atoms with van der Waals surface area (Å²) in [6.07, 6.45) is -0.261. The summed E-state index contributed by atoms with van der Waals surface area (Å²) in [5.41, 5.74) is 2.90. The van der Waals surface area contributed by atoms with Crippen molar-refractivity contribution in [1.29, 1.82) is 0 Å². The van der Waals surface area contributed by atoms with E-state index in [0.717, 1.165) is 0 Å². The van der Waals surface area contributed by atoms with Gasteiger partial charge in [-0.05, 0) is 49.8 Å². The Morgan fingerprint density at radius 1 is 1.11 bits per heavy atom. The largest absolute Gasteiger partial charge is 0.507 e. The van der Waals surface area contributed by atoms with Crippen LogP contribution in [0.25, 0.3) is 11.3 Å². The van der Waals surface area contributed by atoms with Crippen molar-refractivity contribution in [3.8, 4) is 17.1 Å². The van der Waals surface area contributed by atoms with Gasteiger partial charge >= 0.3 is 0 Å². The Bertz CT molecular complexity index is 1360. The average molecular weight is 510 g/mol. The molecule has 37 heavy (non-hydrogen) atoms. The van der Waals surface area contributed by atoms with Crippen molar-refractivity contribution in [2.45, 2.75) is 30.6 Å². The van der Waals surface area contributed by atoms with Crippen molar-refractivity contribution in [3.63, 3.8) is 0 Å². The van der Waals surface area contributed by atoms with Crippen LogP contribution in [-0.4, -0.2) is 81.1 Å². The lowest BCUT2D eigenvalue weighted by Crippen LogP contribution is -2.77. The van der Waals surface area contributed by atoms with Crippen molar-refractivity contribution in [2.24, 2.45) is 29.4 Å². The lowest BCUT2D eigenvalue weighted by atomic mass is 9.49. The van der Waals surface area contributed by atoms with E-state index in [2.05, 4.69) is 0 Å². The normalized spacial score (nSPS) is 35.2. The molecule has 5 N–H and O–H groups in total. The number of ketones is 4. The molecule has 2 fully saturated rings. The Morgan fingerprint density at radius 2 is 1.78 bits per heavy atom. The number of hydrogen-bond donors (Lipinski definition) is 4. The zero-order valence-corrected chi connectivity index (χ0v) is 20.2. The zero-order valence-electron chi connectivity index (χ0n) is 20.2. The van der Waals surface area contributed by atoms with E-state index in [1.54, 1.807) is 25.1 Å². The number of phenols is 1. The van der Waals surface area contributed by atoms with E-state index in [1.807, 2.05) is 0 Å². The summed E-state index contributed by atoms with van der Waals surface area (Å²) in [4.78, 5) is 67.7. The molecule has 3 aliphatic rings. The number of phenolic OH excluding ortho intramolecular Hbond substituents is 1. The molecule has 0 saturated heterocycles. The number of nitrogens with two attached hydrogens (primary N) is 1. The summed E-state index contributed by atoms with van der Waals surface area (Å²) >= 11 is 0. The predicted octanol–water partition coefficient (Wildman–Crippen LogP) is -0.341. The molecule has 11 heteroatoms. The van der Waals surface area contributed by atoms with Gasteiger partial charge in [0.1, 0.15) is 11.5 Å². The molecular formula is C26H26N2O9. The number of aliphatic hydroxyl groups excluding tert-OH is 1. The number of amides is 1. The van der Waals surface area contributed by atoms with Crippen molar-refractivity contribution < 1.29 is 43.7 Å². The molecule has 0 bridgehead atoms. The van der Waals surface area contributed by atoms with E-state index in [1.165, 1.54) is 31.3 Å². The van der Waals surface area contributed by atoms with Gasteiger partial charge in [-0.25, -0.2) is 0 Å². The van der Waals surface area contributed by atoms with E-state index >= 15 is 0 Å². The molecule has 1 aromatic carbocycles. The van der Waals surface area contributed by atoms with E-state index in [0.29, 0.717) is 16.9 Å². The van der Waals surface area contributed by atoms with Crippen molar-refractivity contribution in [1.82, 2.24) is 4.90 Å². The van der Waals surface area contributed by atoms with E-state index < -0.39 is 82.1 Å². The number of primary amides is 1. The van der Waals surface area contributed by atoms with Gasteiger partial charge in [-0.3, -0.25) is 28.9 Å². The van der Waals surface area contributed by atoms with Crippen molar-refractivity contribution >= 4 is 29.0 Å². The molecule has 2 unspecified atom stereocenters. The molecule has 1 amide bonds. The van der Waals surface area contributed by atoms with Crippen LogP contribution in [0, 0.1) is 23.7 Å². The maximum Gasteiger partial charge on any atom is 0.235 e. The number of rotatable bonds is 3. The minimum Gasteiger partial charge on any atom is -0.507 e. The average Bonchev–Trinajstić information content (AvgIpc) is 3.36. The third kappa shape index (κ3) is 3.08. The standard InChI is InChI=1S/C26H26N2O9/c1-9-13-10(12-5-4-8-37-12)6-7-11(29)15(13)20(30)16-14(9)21(31)18-19(28(2)3)22(32)17(25(27)35)24(34)26(18,36)23(16)33/h4-9,14,16-19,21,29,31,36H,1-3H3,(H2,27,35)/t9-,14+,16?,17?,18+,19-,21-,26-/m1/s1. The van der Waals surface area contributed by atoms with Gasteiger partial charge in [0, 0.05) is 11.5 Å². The lowest BCUT2D eigenvalue weighted by molar-refractivity contribution is -0.196. The summed E-state index contributed by atoms with van der Waals surface area (Å²) in [5, 5.41) is 34.0. The second kappa shape index (κ2) is 8.17. The minimum absolute atomic E-state index is 0.180. The molecule has 3 aliphatic carbocycles. The Labute approximate surface area is 210 Å². The zero-order chi connectivity index (χ0) is 27.1. The molecule has 1 aromatic heterocycles. The van der Waals surface area contributed by atoms with Crippen LogP contribution >= 0.6 is 0 Å². The fraction of sp³-hybridized carbons (Fsp3) is 0.423. The second-order valence-electron chi connectivity index (χ2n) is 10.3. The SMILES string of the molecule is C[C@@H]1c2c(-c3ccco3)ccc(O)c2C(=O)C2C(=O)[C@@]3(O)C(=O)C(C(N)=O)C(=O)[C@H](N(C)C)[C@H]3[C@H](O)[C@H]21. The molecular weight excluding hydrogens is 484 g/mol.